The summed E-state index contributed by atoms with van der Waals surface area (Å²) >= 11 is 0. The smallest absolute Gasteiger partial charge is 0.508 e. The second kappa shape index (κ2) is 9.56. The molecule has 3 aromatic rings. The number of phenolic OH excluding ortho intramolecular Hbond substituents is 1. The predicted molar refractivity (Wildman–Crippen MR) is 115 cm³/mol. The number of alkyl halides is 3. The molecule has 1 atom stereocenters. The summed E-state index contributed by atoms with van der Waals surface area (Å²) in [5.41, 5.74) is 1.58. The fraction of sp³-hybridized carbons (Fsp3) is 0.333. The number of hydrogen-bond donors (Lipinski definition) is 1. The molecule has 9 heteroatoms. The van der Waals surface area contributed by atoms with E-state index in [1.165, 1.54) is 28.8 Å². The summed E-state index contributed by atoms with van der Waals surface area (Å²) in [6.45, 7) is 5.60. The fourth-order valence-electron chi connectivity index (χ4n) is 3.73. The van der Waals surface area contributed by atoms with Gasteiger partial charge in [0.15, 0.2) is 0 Å². The number of carbonyl (C=O) groups excluding carboxylic acids is 2. The van der Waals surface area contributed by atoms with Gasteiger partial charge in [-0.15, -0.1) is 13.2 Å². The van der Waals surface area contributed by atoms with Gasteiger partial charge in [0, 0.05) is 16.6 Å². The second-order valence-corrected chi connectivity index (χ2v) is 7.66. The Balaban J connectivity index is 2.02. The van der Waals surface area contributed by atoms with Crippen molar-refractivity contribution in [1.82, 2.24) is 4.57 Å². The number of benzene rings is 2. The lowest BCUT2D eigenvalue weighted by atomic mass is 9.98. The highest BCUT2D eigenvalue weighted by Crippen LogP contribution is 2.35. The van der Waals surface area contributed by atoms with E-state index in [1.54, 1.807) is 19.9 Å². The van der Waals surface area contributed by atoms with Crippen LogP contribution in [0.2, 0.25) is 0 Å². The highest BCUT2D eigenvalue weighted by Gasteiger charge is 2.31. The van der Waals surface area contributed by atoms with Crippen LogP contribution in [-0.4, -0.2) is 34.5 Å². The molecule has 0 saturated heterocycles. The van der Waals surface area contributed by atoms with E-state index < -0.39 is 29.9 Å². The molecular weight excluding hydrogens is 439 g/mol. The van der Waals surface area contributed by atoms with Crippen molar-refractivity contribution >= 4 is 22.8 Å². The maximum absolute atomic E-state index is 13.3. The topological polar surface area (TPSA) is 77.8 Å². The average molecular weight is 463 g/mol. The lowest BCUT2D eigenvalue weighted by Crippen LogP contribution is -2.18. The van der Waals surface area contributed by atoms with E-state index in [0.717, 1.165) is 25.0 Å². The molecule has 3 rings (SSSR count). The van der Waals surface area contributed by atoms with Gasteiger partial charge in [-0.1, -0.05) is 13.3 Å². The lowest BCUT2D eigenvalue weighted by molar-refractivity contribution is -0.274. The van der Waals surface area contributed by atoms with Gasteiger partial charge in [-0.25, -0.2) is 0 Å². The summed E-state index contributed by atoms with van der Waals surface area (Å²) < 4.78 is 47.8. The molecular formula is C24H24F3NO5. The Morgan fingerprint density at radius 3 is 2.39 bits per heavy atom. The number of fused-ring (bicyclic) bond motifs is 1. The van der Waals surface area contributed by atoms with Gasteiger partial charge < -0.3 is 14.6 Å². The van der Waals surface area contributed by atoms with Crippen molar-refractivity contribution in [3.05, 3.63) is 59.3 Å². The minimum absolute atomic E-state index is 0.0337. The number of aromatic hydroxyl groups is 1. The first-order valence-corrected chi connectivity index (χ1v) is 10.4. The molecule has 0 saturated carbocycles. The molecule has 0 unspecified atom stereocenters. The molecule has 33 heavy (non-hydrogen) atoms. The van der Waals surface area contributed by atoms with Gasteiger partial charge in [-0.2, -0.15) is 0 Å². The van der Waals surface area contributed by atoms with Crippen molar-refractivity contribution in [2.24, 2.45) is 0 Å². The van der Waals surface area contributed by atoms with Crippen LogP contribution in [-0.2, 0) is 9.53 Å². The third kappa shape index (κ3) is 5.30. The molecule has 176 valence electrons. The molecule has 1 heterocycles. The number of aromatic nitrogens is 1. The maximum Gasteiger partial charge on any atom is 0.573 e. The Labute approximate surface area is 188 Å². The summed E-state index contributed by atoms with van der Waals surface area (Å²) in [7, 11) is 0. The van der Waals surface area contributed by atoms with Gasteiger partial charge in [0.2, 0.25) is 0 Å². The van der Waals surface area contributed by atoms with Crippen LogP contribution >= 0.6 is 0 Å². The van der Waals surface area contributed by atoms with E-state index in [0.29, 0.717) is 22.2 Å². The van der Waals surface area contributed by atoms with Gasteiger partial charge >= 0.3 is 12.3 Å². The minimum atomic E-state index is -4.84. The Hall–Kier alpha value is -3.49. The van der Waals surface area contributed by atoms with Crippen molar-refractivity contribution < 1.29 is 37.3 Å². The number of hydrogen-bond acceptors (Lipinski definition) is 5. The Morgan fingerprint density at radius 2 is 1.79 bits per heavy atom. The summed E-state index contributed by atoms with van der Waals surface area (Å²) in [5.74, 6) is -2.13. The van der Waals surface area contributed by atoms with Gasteiger partial charge in [-0.05, 0) is 68.3 Å². The van der Waals surface area contributed by atoms with E-state index in [9.17, 15) is 27.9 Å². The van der Waals surface area contributed by atoms with E-state index >= 15 is 0 Å². The highest BCUT2D eigenvalue weighted by molar-refractivity contribution is 6.05. The number of unbranched alkanes of at least 4 members (excludes halogenated alkanes) is 1. The fourth-order valence-corrected chi connectivity index (χ4v) is 3.73. The van der Waals surface area contributed by atoms with Crippen LogP contribution < -0.4 is 4.74 Å². The number of esters is 1. The summed E-state index contributed by atoms with van der Waals surface area (Å²) in [6.07, 6.45) is -3.24. The number of nitrogens with zero attached hydrogens (tertiary/aromatic N) is 1. The first kappa shape index (κ1) is 24.2. The summed E-state index contributed by atoms with van der Waals surface area (Å²) in [5, 5.41) is 10.5. The monoisotopic (exact) mass is 463 g/mol. The lowest BCUT2D eigenvalue weighted by Gasteiger charge is -2.13. The largest absolute Gasteiger partial charge is 0.573 e. The van der Waals surface area contributed by atoms with Crippen LogP contribution in [0.25, 0.3) is 10.9 Å². The predicted octanol–water partition coefficient (Wildman–Crippen LogP) is 5.69. The van der Waals surface area contributed by atoms with Crippen LogP contribution in [0, 0.1) is 6.92 Å². The van der Waals surface area contributed by atoms with Gasteiger partial charge in [-0.3, -0.25) is 14.2 Å². The zero-order valence-corrected chi connectivity index (χ0v) is 18.4. The Bertz CT molecular complexity index is 1170. The van der Waals surface area contributed by atoms with Crippen LogP contribution in [0.3, 0.4) is 0 Å². The quantitative estimate of drug-likeness (QED) is 0.360. The molecule has 2 aromatic carbocycles. The SMILES string of the molecule is CCCCOC(=O)[C@@H](C)c1c(C)n(C(=O)c2ccc(OC(F)(F)F)cc2)c2ccc(O)cc12. The minimum Gasteiger partial charge on any atom is -0.508 e. The van der Waals surface area contributed by atoms with Crippen molar-refractivity contribution in [2.45, 2.75) is 45.9 Å². The van der Waals surface area contributed by atoms with E-state index in [1.807, 2.05) is 6.92 Å². The molecule has 0 fully saturated rings. The molecule has 6 nitrogen and oxygen atoms in total. The van der Waals surface area contributed by atoms with Crippen LogP contribution in [0.1, 0.15) is 54.2 Å². The average Bonchev–Trinajstić information content (AvgIpc) is 3.03. The molecule has 1 aromatic heterocycles. The van der Waals surface area contributed by atoms with Gasteiger partial charge in [0.25, 0.3) is 5.91 Å². The normalized spacial score (nSPS) is 12.5. The molecule has 0 aliphatic rings. The molecule has 0 amide bonds. The van der Waals surface area contributed by atoms with Crippen molar-refractivity contribution in [2.75, 3.05) is 6.61 Å². The zero-order chi connectivity index (χ0) is 24.3. The zero-order valence-electron chi connectivity index (χ0n) is 18.4. The Kier molecular flexibility index (Phi) is 7.00. The molecule has 0 aliphatic carbocycles. The number of carbonyl (C=O) groups is 2. The first-order valence-electron chi connectivity index (χ1n) is 10.4. The van der Waals surface area contributed by atoms with E-state index in [4.69, 9.17) is 4.74 Å². The van der Waals surface area contributed by atoms with E-state index in [2.05, 4.69) is 4.74 Å². The summed E-state index contributed by atoms with van der Waals surface area (Å²) in [4.78, 5) is 25.9. The highest BCUT2D eigenvalue weighted by atomic mass is 19.4. The number of phenols is 1. The van der Waals surface area contributed by atoms with Gasteiger partial charge in [0.1, 0.15) is 11.5 Å². The van der Waals surface area contributed by atoms with E-state index in [-0.39, 0.29) is 17.9 Å². The number of ether oxygens (including phenoxy) is 2. The van der Waals surface area contributed by atoms with Gasteiger partial charge in [0.05, 0.1) is 18.0 Å². The third-order valence-electron chi connectivity index (χ3n) is 5.30. The van der Waals surface area contributed by atoms with Crippen LogP contribution in [0.15, 0.2) is 42.5 Å². The maximum atomic E-state index is 13.3. The third-order valence-corrected chi connectivity index (χ3v) is 5.30. The van der Waals surface area contributed by atoms with Crippen molar-refractivity contribution in [3.8, 4) is 11.5 Å². The second-order valence-electron chi connectivity index (χ2n) is 7.66. The molecule has 0 bridgehead atoms. The molecule has 0 aliphatic heterocycles. The summed E-state index contributed by atoms with van der Waals surface area (Å²) in [6, 6.07) is 9.02. The van der Waals surface area contributed by atoms with Crippen LogP contribution in [0.4, 0.5) is 13.2 Å². The molecule has 1 N–H and O–H groups in total. The Morgan fingerprint density at radius 1 is 1.12 bits per heavy atom. The van der Waals surface area contributed by atoms with Crippen molar-refractivity contribution in [1.29, 1.82) is 0 Å². The van der Waals surface area contributed by atoms with Crippen molar-refractivity contribution in [3.63, 3.8) is 0 Å². The molecule has 0 spiro atoms. The standard InChI is InChI=1S/C24H24F3NO5/c1-4-5-12-32-23(31)14(2)21-15(3)28(20-11-8-17(29)13-19(20)21)22(30)16-6-9-18(10-7-16)33-24(25,26)27/h6-11,13-14,29H,4-5,12H2,1-3H3/t14-/m0/s1. The number of halogens is 3. The molecule has 0 radical (unpaired) electrons. The number of rotatable bonds is 7. The van der Waals surface area contributed by atoms with Crippen LogP contribution in [0.5, 0.6) is 11.5 Å². The first-order chi connectivity index (χ1) is 15.5.